The molecule has 1 aromatic carbocycles. The molecule has 0 radical (unpaired) electrons. The van der Waals surface area contributed by atoms with Gasteiger partial charge in [-0.25, -0.2) is 8.42 Å². The van der Waals surface area contributed by atoms with Gasteiger partial charge in [0.25, 0.3) is 11.8 Å². The number of aryl methyl sites for hydroxylation is 2. The zero-order chi connectivity index (χ0) is 22.8. The molecule has 1 aromatic heterocycles. The molecule has 0 spiro atoms. The van der Waals surface area contributed by atoms with E-state index in [1.807, 2.05) is 12.2 Å². The molecular formula is C20H22N2O8S. The zero-order valence-electron chi connectivity index (χ0n) is 16.9. The molecule has 2 heterocycles. The molecule has 1 unspecified atom stereocenters. The molecule has 1 aliphatic rings. The number of furan rings is 1. The third-order valence-corrected chi connectivity index (χ3v) is 6.80. The van der Waals surface area contributed by atoms with Crippen LogP contribution in [0.4, 0.5) is 0 Å². The van der Waals surface area contributed by atoms with Gasteiger partial charge in [-0.1, -0.05) is 6.07 Å². The van der Waals surface area contributed by atoms with E-state index in [0.717, 1.165) is 15.4 Å². The smallest absolute Gasteiger partial charge is 0.325 e. The Kier molecular flexibility index (Phi) is 6.58. The summed E-state index contributed by atoms with van der Waals surface area (Å²) in [7, 11) is -4.09. The summed E-state index contributed by atoms with van der Waals surface area (Å²) in [6, 6.07) is 6.10. The molecule has 3 rings (SSSR count). The van der Waals surface area contributed by atoms with Gasteiger partial charge in [-0.3, -0.25) is 19.7 Å². The van der Waals surface area contributed by atoms with Crippen LogP contribution in [0.1, 0.15) is 28.1 Å². The summed E-state index contributed by atoms with van der Waals surface area (Å²) in [5.74, 6) is -2.80. The Balaban J connectivity index is 1.67. The summed E-state index contributed by atoms with van der Waals surface area (Å²) in [4.78, 5) is 36.1. The Morgan fingerprint density at radius 2 is 1.97 bits per heavy atom. The van der Waals surface area contributed by atoms with Crippen LogP contribution in [0.15, 0.2) is 45.9 Å². The molecule has 2 atom stereocenters. The van der Waals surface area contributed by atoms with Gasteiger partial charge in [-0.05, 0) is 49.2 Å². The van der Waals surface area contributed by atoms with Gasteiger partial charge >= 0.3 is 5.97 Å². The van der Waals surface area contributed by atoms with E-state index in [1.54, 1.807) is 13.0 Å². The van der Waals surface area contributed by atoms with Crippen LogP contribution in [0, 0.1) is 13.8 Å². The molecule has 1 aliphatic heterocycles. The maximum absolute atomic E-state index is 13.0. The van der Waals surface area contributed by atoms with E-state index in [9.17, 15) is 27.9 Å². The molecule has 31 heavy (non-hydrogen) atoms. The predicted molar refractivity (Wildman–Crippen MR) is 106 cm³/mol. The van der Waals surface area contributed by atoms with Crippen molar-refractivity contribution in [1.29, 1.82) is 0 Å². The van der Waals surface area contributed by atoms with Crippen LogP contribution in [-0.4, -0.2) is 60.9 Å². The second kappa shape index (κ2) is 9.00. The van der Waals surface area contributed by atoms with Gasteiger partial charge < -0.3 is 14.3 Å². The molecule has 2 aromatic rings. The minimum Gasteiger partial charge on any atom is -0.459 e. The Morgan fingerprint density at radius 1 is 1.23 bits per heavy atom. The van der Waals surface area contributed by atoms with Crippen molar-refractivity contribution in [3.63, 3.8) is 0 Å². The third-order valence-electron chi connectivity index (χ3n) is 4.93. The fraction of sp³-hybridized carbons (Fsp3) is 0.350. The molecular weight excluding hydrogens is 428 g/mol. The van der Waals surface area contributed by atoms with Gasteiger partial charge in [0, 0.05) is 13.0 Å². The number of imide groups is 1. The van der Waals surface area contributed by atoms with Crippen LogP contribution >= 0.6 is 0 Å². The Morgan fingerprint density at radius 3 is 2.61 bits per heavy atom. The number of hydrogen-bond acceptors (Lipinski definition) is 8. The lowest BCUT2D eigenvalue weighted by molar-refractivity contribution is -0.151. The number of rotatable bonds is 6. The molecule has 0 bridgehead atoms. The Labute approximate surface area is 178 Å². The normalized spacial score (nSPS) is 19.2. The number of benzene rings is 1. The lowest BCUT2D eigenvalue weighted by Crippen LogP contribution is -2.43. The number of carbonyl (C=O) groups is 3. The number of amides is 2. The van der Waals surface area contributed by atoms with Crippen LogP contribution in [-0.2, 0) is 24.3 Å². The monoisotopic (exact) mass is 450 g/mol. The molecule has 2 N–H and O–H groups in total. The van der Waals surface area contributed by atoms with Gasteiger partial charge in [-0.2, -0.15) is 4.31 Å². The second-order valence-electron chi connectivity index (χ2n) is 7.19. The van der Waals surface area contributed by atoms with Gasteiger partial charge in [0.05, 0.1) is 17.3 Å². The highest BCUT2D eigenvalue weighted by molar-refractivity contribution is 7.89. The van der Waals surface area contributed by atoms with Gasteiger partial charge in [0.15, 0.2) is 12.4 Å². The highest BCUT2D eigenvalue weighted by Gasteiger charge is 2.44. The van der Waals surface area contributed by atoms with Crippen LogP contribution in [0.3, 0.4) is 0 Å². The summed E-state index contributed by atoms with van der Waals surface area (Å²) < 4.78 is 36.7. The van der Waals surface area contributed by atoms with Gasteiger partial charge in [-0.15, -0.1) is 0 Å². The molecule has 10 nitrogen and oxygen atoms in total. The van der Waals surface area contributed by atoms with Crippen LogP contribution in [0.2, 0.25) is 0 Å². The molecule has 1 saturated heterocycles. The summed E-state index contributed by atoms with van der Waals surface area (Å²) in [5.41, 5.74) is 1.67. The summed E-state index contributed by atoms with van der Waals surface area (Å²) in [6.45, 7) is 2.53. The minimum absolute atomic E-state index is 0.00992. The van der Waals surface area contributed by atoms with E-state index in [0.29, 0.717) is 0 Å². The summed E-state index contributed by atoms with van der Waals surface area (Å²) >= 11 is 0. The van der Waals surface area contributed by atoms with Crippen molar-refractivity contribution in [2.24, 2.45) is 0 Å². The number of aliphatic hydroxyl groups excluding tert-OH is 1. The van der Waals surface area contributed by atoms with Crippen molar-refractivity contribution in [2.75, 3.05) is 13.2 Å². The molecule has 11 heteroatoms. The Hall–Kier alpha value is -3.02. The lowest BCUT2D eigenvalue weighted by Gasteiger charge is -2.22. The number of nitrogens with one attached hydrogen (secondary N) is 1. The standard InChI is InChI=1S/C20H22N2O8S/c1-12-5-6-15(8-13(12)2)31(27,28)22-10-14(23)9-16(22)20(26)30-11-18(24)21-19(25)17-4-3-7-29-17/h3-8,14,16,23H,9-11H2,1-2H3,(H,21,24,25)/t14?,16-/m0/s1. The number of ether oxygens (including phenoxy) is 1. The number of sulfonamides is 1. The summed E-state index contributed by atoms with van der Waals surface area (Å²) in [5, 5.41) is 12.0. The molecule has 0 saturated carbocycles. The van der Waals surface area contributed by atoms with Crippen molar-refractivity contribution in [3.8, 4) is 0 Å². The lowest BCUT2D eigenvalue weighted by atomic mass is 10.1. The van der Waals surface area contributed by atoms with Crippen molar-refractivity contribution < 1.29 is 37.1 Å². The predicted octanol–water partition coefficient (Wildman–Crippen LogP) is 0.520. The van der Waals surface area contributed by atoms with Crippen LogP contribution in [0.5, 0.6) is 0 Å². The van der Waals surface area contributed by atoms with E-state index in [-0.39, 0.29) is 23.6 Å². The van der Waals surface area contributed by atoms with E-state index in [4.69, 9.17) is 9.15 Å². The van der Waals surface area contributed by atoms with E-state index in [2.05, 4.69) is 0 Å². The Bertz CT molecular complexity index is 1090. The first-order chi connectivity index (χ1) is 14.6. The average Bonchev–Trinajstić information content (AvgIpc) is 3.38. The van der Waals surface area contributed by atoms with Crippen LogP contribution in [0.25, 0.3) is 0 Å². The van der Waals surface area contributed by atoms with Gasteiger partial charge in [0.1, 0.15) is 6.04 Å². The van der Waals surface area contributed by atoms with Crippen molar-refractivity contribution >= 4 is 27.8 Å². The second-order valence-corrected chi connectivity index (χ2v) is 9.08. The first kappa shape index (κ1) is 22.7. The summed E-state index contributed by atoms with van der Waals surface area (Å²) in [6.07, 6.45) is 0.0267. The zero-order valence-corrected chi connectivity index (χ0v) is 17.7. The fourth-order valence-corrected chi connectivity index (χ4v) is 4.85. The van der Waals surface area contributed by atoms with E-state index in [1.165, 1.54) is 30.5 Å². The third kappa shape index (κ3) is 5.01. The van der Waals surface area contributed by atoms with E-state index >= 15 is 0 Å². The molecule has 2 amide bonds. The van der Waals surface area contributed by atoms with Crippen molar-refractivity contribution in [2.45, 2.75) is 37.3 Å². The molecule has 0 aliphatic carbocycles. The highest BCUT2D eigenvalue weighted by Crippen LogP contribution is 2.28. The first-order valence-electron chi connectivity index (χ1n) is 9.41. The topological polar surface area (TPSA) is 143 Å². The first-order valence-corrected chi connectivity index (χ1v) is 10.8. The number of carbonyl (C=O) groups excluding carboxylic acids is 3. The number of hydrogen-bond donors (Lipinski definition) is 2. The highest BCUT2D eigenvalue weighted by atomic mass is 32.2. The van der Waals surface area contributed by atoms with E-state index < -0.39 is 46.6 Å². The largest absolute Gasteiger partial charge is 0.459 e. The van der Waals surface area contributed by atoms with Crippen molar-refractivity contribution in [3.05, 3.63) is 53.5 Å². The van der Waals surface area contributed by atoms with Crippen LogP contribution < -0.4 is 5.32 Å². The fourth-order valence-electron chi connectivity index (χ4n) is 3.14. The number of esters is 1. The average molecular weight is 450 g/mol. The molecule has 1 fully saturated rings. The quantitative estimate of drug-likeness (QED) is 0.607. The maximum Gasteiger partial charge on any atom is 0.325 e. The molecule has 166 valence electrons. The number of nitrogens with zero attached hydrogens (tertiary/aromatic N) is 1. The minimum atomic E-state index is -4.09. The number of aliphatic hydroxyl groups is 1. The SMILES string of the molecule is Cc1ccc(S(=O)(=O)N2CC(O)C[C@H]2C(=O)OCC(=O)NC(=O)c2ccco2)cc1C. The van der Waals surface area contributed by atoms with Gasteiger partial charge in [0.2, 0.25) is 10.0 Å². The maximum atomic E-state index is 13.0. The van der Waals surface area contributed by atoms with Crippen molar-refractivity contribution in [1.82, 2.24) is 9.62 Å². The number of β-amino-alcohol motifs (C(OH)–C–C–N with tert-alkyl or cyclic N) is 1.